The predicted molar refractivity (Wildman–Crippen MR) is 315 cm³/mol. The molecule has 0 bridgehead atoms. The minimum atomic E-state index is -0.725. The van der Waals surface area contributed by atoms with Gasteiger partial charge >= 0.3 is 0 Å². The van der Waals surface area contributed by atoms with Crippen LogP contribution in [0.25, 0.3) is 88.7 Å². The summed E-state index contributed by atoms with van der Waals surface area (Å²) in [6.45, 7) is 0. The molecule has 1 aliphatic heterocycles. The van der Waals surface area contributed by atoms with Crippen LogP contribution in [0.4, 0.5) is 34.1 Å². The van der Waals surface area contributed by atoms with E-state index in [9.17, 15) is 0 Å². The average Bonchev–Trinajstić information content (AvgIpc) is 4.10. The number of para-hydroxylation sites is 3. The number of hydrogen-bond donors (Lipinski definition) is 0. The third-order valence-electron chi connectivity index (χ3n) is 16.4. The highest BCUT2D eigenvalue weighted by Gasteiger charge is 2.50. The van der Waals surface area contributed by atoms with Gasteiger partial charge in [0.25, 0.3) is 0 Å². The molecule has 0 fully saturated rings. The quantitative estimate of drug-likeness (QED) is 0.171. The third kappa shape index (κ3) is 6.11. The molecule has 13 aromatic rings. The Morgan fingerprint density at radius 1 is 0.276 bits per heavy atom. The standard InChI is InChI=1S/C73H46N2O/c1-3-19-47(20-4-1)48-35-37-50(38-36-48)74(51-40-42-70-63(43-51)56-26-10-9-25-55(56)60-29-13-17-33-69(60)75(70)49-21-5-2-6-22-49)52-39-41-59-54-24-8-7-23-53(54)57-27-11-15-31-65(57)73(67(59)44-52)66-32-16-12-28-58(66)62-46-72-64(45-68(62)73)61-30-14-18-34-71(61)76-72/h1-46H. The molecular formula is C73H46N2O. The first-order valence-corrected chi connectivity index (χ1v) is 26.2. The highest BCUT2D eigenvalue weighted by atomic mass is 16.3. The lowest BCUT2D eigenvalue weighted by atomic mass is 9.65. The molecule has 3 heteroatoms. The number of anilines is 6. The lowest BCUT2D eigenvalue weighted by Gasteiger charge is -2.36. The number of nitrogens with zero attached hydrogens (tertiary/aromatic N) is 2. The van der Waals surface area contributed by atoms with Crippen molar-refractivity contribution < 1.29 is 4.42 Å². The Kier molecular flexibility index (Phi) is 9.25. The Morgan fingerprint density at radius 3 is 1.49 bits per heavy atom. The van der Waals surface area contributed by atoms with Crippen LogP contribution in [0.5, 0.6) is 0 Å². The van der Waals surface area contributed by atoms with Crippen LogP contribution in [0.2, 0.25) is 0 Å². The van der Waals surface area contributed by atoms with Gasteiger partial charge in [0.1, 0.15) is 11.2 Å². The summed E-state index contributed by atoms with van der Waals surface area (Å²) in [5, 5.41) is 2.24. The minimum absolute atomic E-state index is 0.725. The Bertz CT molecular complexity index is 4480. The van der Waals surface area contributed by atoms with Crippen molar-refractivity contribution in [2.75, 3.05) is 9.80 Å². The molecule has 354 valence electrons. The SMILES string of the molecule is c1ccc(-c2ccc(N(c3ccc4c(c3)-c3ccccc3-c3ccccc3N4c3ccccc3)c3ccc4c(c3)C3(c5ccccc5-c5ccccc5-4)c4ccccc4-c4cc5oc6ccccc6c5cc43)cc2)cc1. The van der Waals surface area contributed by atoms with Crippen LogP contribution in [0.1, 0.15) is 22.3 Å². The van der Waals surface area contributed by atoms with Gasteiger partial charge in [0.15, 0.2) is 0 Å². The first kappa shape index (κ1) is 42.5. The summed E-state index contributed by atoms with van der Waals surface area (Å²) in [5.41, 5.74) is 27.1. The predicted octanol–water partition coefficient (Wildman–Crippen LogP) is 19.9. The first-order valence-electron chi connectivity index (χ1n) is 26.2. The van der Waals surface area contributed by atoms with E-state index in [-0.39, 0.29) is 0 Å². The lowest BCUT2D eigenvalue weighted by Crippen LogP contribution is -2.29. The second kappa shape index (κ2) is 16.5. The lowest BCUT2D eigenvalue weighted by molar-refractivity contribution is 0.668. The maximum Gasteiger partial charge on any atom is 0.136 e. The van der Waals surface area contributed by atoms with Crippen molar-refractivity contribution in [1.82, 2.24) is 0 Å². The van der Waals surface area contributed by atoms with Crippen molar-refractivity contribution in [3.63, 3.8) is 0 Å². The molecule has 2 heterocycles. The molecule has 3 aliphatic rings. The zero-order valence-electron chi connectivity index (χ0n) is 41.4. The van der Waals surface area contributed by atoms with E-state index in [1.807, 2.05) is 0 Å². The maximum absolute atomic E-state index is 6.68. The Hall–Kier alpha value is -9.96. The van der Waals surface area contributed by atoms with Crippen molar-refractivity contribution in [3.05, 3.63) is 301 Å². The Labute approximate surface area is 441 Å². The number of hydrogen-bond acceptors (Lipinski definition) is 3. The fourth-order valence-corrected chi connectivity index (χ4v) is 13.2. The summed E-state index contributed by atoms with van der Waals surface area (Å²) in [5.74, 6) is 0. The van der Waals surface area contributed by atoms with Crippen molar-refractivity contribution >= 4 is 56.1 Å². The van der Waals surface area contributed by atoms with E-state index in [4.69, 9.17) is 4.42 Å². The van der Waals surface area contributed by atoms with E-state index >= 15 is 0 Å². The molecule has 1 aromatic heterocycles. The molecule has 0 N–H and O–H groups in total. The topological polar surface area (TPSA) is 19.6 Å². The maximum atomic E-state index is 6.68. The van der Waals surface area contributed by atoms with Crippen molar-refractivity contribution in [2.24, 2.45) is 0 Å². The van der Waals surface area contributed by atoms with Gasteiger partial charge in [-0.15, -0.1) is 0 Å². The van der Waals surface area contributed by atoms with Crippen LogP contribution >= 0.6 is 0 Å². The van der Waals surface area contributed by atoms with E-state index in [1.165, 1.54) is 83.5 Å². The average molecular weight is 967 g/mol. The number of benzene rings is 12. The van der Waals surface area contributed by atoms with Crippen LogP contribution in [0, 0.1) is 0 Å². The smallest absolute Gasteiger partial charge is 0.136 e. The minimum Gasteiger partial charge on any atom is -0.456 e. The van der Waals surface area contributed by atoms with Crippen molar-refractivity contribution in [2.45, 2.75) is 5.41 Å². The number of fused-ring (bicyclic) bond motifs is 20. The monoisotopic (exact) mass is 966 g/mol. The molecule has 0 saturated carbocycles. The van der Waals surface area contributed by atoms with Gasteiger partial charge in [-0.1, -0.05) is 200 Å². The van der Waals surface area contributed by atoms with Crippen molar-refractivity contribution in [1.29, 1.82) is 0 Å². The molecule has 16 rings (SSSR count). The summed E-state index contributed by atoms with van der Waals surface area (Å²) < 4.78 is 6.68. The van der Waals surface area contributed by atoms with Crippen LogP contribution in [0.3, 0.4) is 0 Å². The summed E-state index contributed by atoms with van der Waals surface area (Å²) >= 11 is 0. The summed E-state index contributed by atoms with van der Waals surface area (Å²) in [6, 6.07) is 103. The van der Waals surface area contributed by atoms with Gasteiger partial charge in [0.2, 0.25) is 0 Å². The zero-order valence-corrected chi connectivity index (χ0v) is 41.4. The summed E-state index contributed by atoms with van der Waals surface area (Å²) in [4.78, 5) is 4.91. The molecule has 76 heavy (non-hydrogen) atoms. The molecule has 2 aliphatic carbocycles. The van der Waals surface area contributed by atoms with Crippen LogP contribution in [-0.4, -0.2) is 0 Å². The Morgan fingerprint density at radius 2 is 0.763 bits per heavy atom. The molecule has 0 saturated heterocycles. The third-order valence-corrected chi connectivity index (χ3v) is 16.4. The summed E-state index contributed by atoms with van der Waals surface area (Å²) in [7, 11) is 0. The van der Waals surface area contributed by atoms with E-state index in [0.29, 0.717) is 0 Å². The highest BCUT2D eigenvalue weighted by Crippen LogP contribution is 2.63. The van der Waals surface area contributed by atoms with Gasteiger partial charge in [0.05, 0.1) is 16.8 Å². The molecule has 1 spiro atoms. The molecule has 1 unspecified atom stereocenters. The largest absolute Gasteiger partial charge is 0.456 e. The molecular weight excluding hydrogens is 921 g/mol. The van der Waals surface area contributed by atoms with Gasteiger partial charge in [-0.3, -0.25) is 0 Å². The van der Waals surface area contributed by atoms with Gasteiger partial charge in [0, 0.05) is 44.6 Å². The van der Waals surface area contributed by atoms with E-state index in [1.54, 1.807) is 0 Å². The van der Waals surface area contributed by atoms with Gasteiger partial charge in [-0.2, -0.15) is 0 Å². The number of furan rings is 1. The molecule has 0 amide bonds. The Balaban J connectivity index is 0.996. The fraction of sp³-hybridized carbons (Fsp3) is 0.0137. The zero-order chi connectivity index (χ0) is 49.9. The highest BCUT2D eigenvalue weighted by molar-refractivity contribution is 6.09. The van der Waals surface area contributed by atoms with E-state index < -0.39 is 5.41 Å². The summed E-state index contributed by atoms with van der Waals surface area (Å²) in [6.07, 6.45) is 0. The molecule has 12 aromatic carbocycles. The van der Waals surface area contributed by atoms with Gasteiger partial charge in [-0.05, 0) is 157 Å². The first-order chi connectivity index (χ1) is 37.7. The van der Waals surface area contributed by atoms with E-state index in [2.05, 4.69) is 289 Å². The number of rotatable bonds is 5. The van der Waals surface area contributed by atoms with Crippen LogP contribution < -0.4 is 9.80 Å². The second-order valence-electron chi connectivity index (χ2n) is 20.3. The van der Waals surface area contributed by atoms with Crippen LogP contribution in [0.15, 0.2) is 283 Å². The molecule has 1 atom stereocenters. The van der Waals surface area contributed by atoms with Gasteiger partial charge < -0.3 is 14.2 Å². The van der Waals surface area contributed by atoms with Gasteiger partial charge in [-0.25, -0.2) is 0 Å². The van der Waals surface area contributed by atoms with Crippen molar-refractivity contribution in [3.8, 4) is 66.8 Å². The van der Waals surface area contributed by atoms with Crippen LogP contribution in [-0.2, 0) is 5.41 Å². The fourth-order valence-electron chi connectivity index (χ4n) is 13.2. The second-order valence-corrected chi connectivity index (χ2v) is 20.3. The molecule has 3 nitrogen and oxygen atoms in total. The van der Waals surface area contributed by atoms with E-state index in [0.717, 1.165) is 61.6 Å². The molecule has 0 radical (unpaired) electrons. The normalized spacial score (nSPS) is 14.3.